The van der Waals surface area contributed by atoms with Crippen LogP contribution < -0.4 is 5.32 Å². The third-order valence-electron chi connectivity index (χ3n) is 1.78. The number of aliphatic carboxylic acids is 1. The van der Waals surface area contributed by atoms with Crippen molar-refractivity contribution in [1.29, 1.82) is 0 Å². The van der Waals surface area contributed by atoms with Crippen molar-refractivity contribution in [3.63, 3.8) is 0 Å². The summed E-state index contributed by atoms with van der Waals surface area (Å²) >= 11 is 0. The fraction of sp³-hybridized carbons (Fsp3) is 0.556. The molecule has 2 amide bonds. The van der Waals surface area contributed by atoms with Crippen molar-refractivity contribution in [2.75, 3.05) is 13.6 Å². The van der Waals surface area contributed by atoms with Crippen molar-refractivity contribution in [3.05, 3.63) is 12.7 Å². The van der Waals surface area contributed by atoms with Crippen LogP contribution in [0.5, 0.6) is 0 Å². The van der Waals surface area contributed by atoms with Crippen molar-refractivity contribution in [3.8, 4) is 0 Å². The Kier molecular flexibility index (Phi) is 5.40. The molecule has 86 valence electrons. The summed E-state index contributed by atoms with van der Waals surface area (Å²) in [6.07, 6.45) is 0.362. The largest absolute Gasteiger partial charge is 0.480 e. The third-order valence-corrected chi connectivity index (χ3v) is 1.78. The maximum absolute atomic E-state index is 11.3. The molecule has 0 bridgehead atoms. The summed E-state index contributed by atoms with van der Waals surface area (Å²) in [7, 11) is 1.50. The topological polar surface area (TPSA) is 89.9 Å². The Bertz CT molecular complexity index is 252. The Morgan fingerprint density at radius 2 is 2.13 bits per heavy atom. The molecule has 0 saturated heterocycles. The molecular formula is C9H16N2O4. The fourth-order valence-corrected chi connectivity index (χ4v) is 0.908. The predicted octanol–water partition coefficient (Wildman–Crippen LogP) is -0.352. The van der Waals surface area contributed by atoms with Gasteiger partial charge in [0.25, 0.3) is 0 Å². The van der Waals surface area contributed by atoms with E-state index in [0.717, 1.165) is 0 Å². The molecule has 15 heavy (non-hydrogen) atoms. The van der Waals surface area contributed by atoms with Crippen molar-refractivity contribution in [1.82, 2.24) is 10.2 Å². The van der Waals surface area contributed by atoms with Gasteiger partial charge in [0.2, 0.25) is 0 Å². The highest BCUT2D eigenvalue weighted by Crippen LogP contribution is 1.95. The number of aliphatic hydroxyl groups is 1. The Morgan fingerprint density at radius 3 is 2.47 bits per heavy atom. The number of urea groups is 1. The Morgan fingerprint density at radius 1 is 1.60 bits per heavy atom. The highest BCUT2D eigenvalue weighted by atomic mass is 16.4. The van der Waals surface area contributed by atoms with E-state index in [1.807, 2.05) is 0 Å². The van der Waals surface area contributed by atoms with Gasteiger partial charge in [0.05, 0.1) is 6.10 Å². The van der Waals surface area contributed by atoms with E-state index >= 15 is 0 Å². The van der Waals surface area contributed by atoms with E-state index in [4.69, 9.17) is 10.2 Å². The normalized spacial score (nSPS) is 13.8. The molecule has 0 aliphatic rings. The van der Waals surface area contributed by atoms with Crippen LogP contribution in [0.15, 0.2) is 12.7 Å². The number of carbonyl (C=O) groups is 2. The summed E-state index contributed by atoms with van der Waals surface area (Å²) in [6, 6.07) is -1.87. The van der Waals surface area contributed by atoms with E-state index in [0.29, 0.717) is 6.54 Å². The molecule has 0 aromatic heterocycles. The van der Waals surface area contributed by atoms with Gasteiger partial charge in [-0.05, 0) is 6.92 Å². The lowest BCUT2D eigenvalue weighted by Crippen LogP contribution is -2.51. The maximum Gasteiger partial charge on any atom is 0.328 e. The number of likely N-dealkylation sites (N-methyl/N-ethyl adjacent to an activating group) is 1. The van der Waals surface area contributed by atoms with E-state index < -0.39 is 24.1 Å². The zero-order chi connectivity index (χ0) is 12.0. The number of hydrogen-bond acceptors (Lipinski definition) is 3. The monoisotopic (exact) mass is 216 g/mol. The number of hydrogen-bond donors (Lipinski definition) is 3. The van der Waals surface area contributed by atoms with Crippen LogP contribution in [-0.4, -0.2) is 52.9 Å². The molecule has 0 aliphatic carbocycles. The van der Waals surface area contributed by atoms with Gasteiger partial charge in [-0.2, -0.15) is 0 Å². The molecule has 0 radical (unpaired) electrons. The van der Waals surface area contributed by atoms with Gasteiger partial charge in [0, 0.05) is 13.6 Å². The molecule has 0 saturated carbocycles. The van der Waals surface area contributed by atoms with Gasteiger partial charge in [-0.15, -0.1) is 6.58 Å². The van der Waals surface area contributed by atoms with E-state index in [9.17, 15) is 9.59 Å². The lowest BCUT2D eigenvalue weighted by atomic mass is 10.2. The van der Waals surface area contributed by atoms with Gasteiger partial charge >= 0.3 is 12.0 Å². The van der Waals surface area contributed by atoms with Crippen LogP contribution >= 0.6 is 0 Å². The van der Waals surface area contributed by atoms with Gasteiger partial charge in [-0.25, -0.2) is 9.59 Å². The smallest absolute Gasteiger partial charge is 0.328 e. The van der Waals surface area contributed by atoms with Gasteiger partial charge in [0.15, 0.2) is 6.04 Å². The quantitative estimate of drug-likeness (QED) is 0.548. The van der Waals surface area contributed by atoms with Crippen molar-refractivity contribution >= 4 is 12.0 Å². The first kappa shape index (κ1) is 13.4. The molecule has 0 aliphatic heterocycles. The van der Waals surface area contributed by atoms with Gasteiger partial charge in [0.1, 0.15) is 0 Å². The molecule has 0 rings (SSSR count). The highest BCUT2D eigenvalue weighted by Gasteiger charge is 2.25. The van der Waals surface area contributed by atoms with Crippen LogP contribution in [0.2, 0.25) is 0 Å². The van der Waals surface area contributed by atoms with Crippen LogP contribution in [0.1, 0.15) is 6.92 Å². The summed E-state index contributed by atoms with van der Waals surface area (Å²) < 4.78 is 0. The molecule has 0 heterocycles. The van der Waals surface area contributed by atoms with E-state index in [-0.39, 0.29) is 0 Å². The first-order valence-corrected chi connectivity index (χ1v) is 4.43. The number of carboxylic acids is 1. The Hall–Kier alpha value is -1.56. The van der Waals surface area contributed by atoms with Crippen LogP contribution in [0.25, 0.3) is 0 Å². The van der Waals surface area contributed by atoms with E-state index in [2.05, 4.69) is 11.9 Å². The minimum Gasteiger partial charge on any atom is -0.480 e. The summed E-state index contributed by atoms with van der Waals surface area (Å²) in [4.78, 5) is 23.2. The predicted molar refractivity (Wildman–Crippen MR) is 54.5 cm³/mol. The maximum atomic E-state index is 11.3. The average molecular weight is 216 g/mol. The standard InChI is InChI=1S/C9H16N2O4/c1-4-5-11(3)9(15)10-7(6(2)12)8(13)14/h4,6-7,12H,1,5H2,2-3H3,(H,10,15)(H,13,14). The minimum atomic E-state index is -1.30. The SMILES string of the molecule is C=CCN(C)C(=O)NC(C(=O)O)C(C)O. The second-order valence-corrected chi connectivity index (χ2v) is 3.18. The molecule has 0 aromatic rings. The Balaban J connectivity index is 4.35. The van der Waals surface area contributed by atoms with Gasteiger partial charge in [-0.3, -0.25) is 0 Å². The fourth-order valence-electron chi connectivity index (χ4n) is 0.908. The number of carboxylic acid groups (broad SMARTS) is 1. The first-order chi connectivity index (χ1) is 6.90. The second-order valence-electron chi connectivity index (χ2n) is 3.18. The molecule has 0 spiro atoms. The van der Waals surface area contributed by atoms with Crippen molar-refractivity contribution in [2.24, 2.45) is 0 Å². The number of nitrogens with one attached hydrogen (secondary N) is 1. The summed E-state index contributed by atoms with van der Waals surface area (Å²) in [5.41, 5.74) is 0. The molecular weight excluding hydrogens is 200 g/mol. The van der Waals surface area contributed by atoms with Crippen LogP contribution in [0.3, 0.4) is 0 Å². The van der Waals surface area contributed by atoms with Crippen LogP contribution in [0.4, 0.5) is 4.79 Å². The van der Waals surface area contributed by atoms with Gasteiger partial charge in [-0.1, -0.05) is 6.08 Å². The second kappa shape index (κ2) is 6.02. The third kappa shape index (κ3) is 4.46. The number of rotatable bonds is 5. The van der Waals surface area contributed by atoms with Gasteiger partial charge < -0.3 is 20.4 Å². The molecule has 6 heteroatoms. The lowest BCUT2D eigenvalue weighted by molar-refractivity contribution is -0.141. The van der Waals surface area contributed by atoms with E-state index in [1.165, 1.54) is 24.9 Å². The molecule has 0 aromatic carbocycles. The average Bonchev–Trinajstić information content (AvgIpc) is 2.12. The molecule has 2 unspecified atom stereocenters. The number of aliphatic hydroxyl groups excluding tert-OH is 1. The number of carbonyl (C=O) groups excluding carboxylic acids is 1. The molecule has 6 nitrogen and oxygen atoms in total. The van der Waals surface area contributed by atoms with Crippen LogP contribution in [-0.2, 0) is 4.79 Å². The summed E-state index contributed by atoms with van der Waals surface area (Å²) in [6.45, 7) is 5.05. The summed E-state index contributed by atoms with van der Waals surface area (Å²) in [5.74, 6) is -1.27. The number of nitrogens with zero attached hydrogens (tertiary/aromatic N) is 1. The first-order valence-electron chi connectivity index (χ1n) is 4.43. The van der Waals surface area contributed by atoms with Crippen molar-refractivity contribution in [2.45, 2.75) is 19.1 Å². The molecule has 0 fully saturated rings. The minimum absolute atomic E-state index is 0.304. The molecule has 3 N–H and O–H groups in total. The Labute approximate surface area is 88.2 Å². The van der Waals surface area contributed by atoms with Crippen LogP contribution in [0, 0.1) is 0 Å². The zero-order valence-corrected chi connectivity index (χ0v) is 8.80. The number of amides is 2. The highest BCUT2D eigenvalue weighted by molar-refractivity contribution is 5.82. The molecule has 2 atom stereocenters. The van der Waals surface area contributed by atoms with E-state index in [1.54, 1.807) is 0 Å². The zero-order valence-electron chi connectivity index (χ0n) is 8.80. The van der Waals surface area contributed by atoms with Crippen molar-refractivity contribution < 1.29 is 19.8 Å². The summed E-state index contributed by atoms with van der Waals surface area (Å²) in [5, 5.41) is 20.0. The lowest BCUT2D eigenvalue weighted by Gasteiger charge is -2.21.